The molecule has 0 aliphatic heterocycles. The molecule has 1 aliphatic carbocycles. The Morgan fingerprint density at radius 2 is 2.04 bits per heavy atom. The molecule has 24 heavy (non-hydrogen) atoms. The molecule has 3 rings (SSSR count). The Balaban J connectivity index is 1.54. The second-order valence-corrected chi connectivity index (χ2v) is 6.29. The van der Waals surface area contributed by atoms with Crippen molar-refractivity contribution >= 4 is 11.8 Å². The van der Waals surface area contributed by atoms with Crippen molar-refractivity contribution in [2.24, 2.45) is 0 Å². The highest BCUT2D eigenvalue weighted by atomic mass is 16.3. The standard InChI is InChI=1S/C17H23N5O2/c23-16(19-13-17(24)8-3-1-4-9-17)21-15-7-11-20-22(15)12-14-6-2-5-10-18-14/h2,5-7,10-11,24H,1,3-4,8-9,12-13H2,(H2,19,21,23). The number of carbonyl (C=O) groups is 1. The summed E-state index contributed by atoms with van der Waals surface area (Å²) in [4.78, 5) is 16.4. The number of anilines is 1. The van der Waals surface area contributed by atoms with Crippen LogP contribution in [0.3, 0.4) is 0 Å². The topological polar surface area (TPSA) is 92.1 Å². The molecule has 2 aromatic rings. The molecule has 128 valence electrons. The number of urea groups is 1. The molecule has 1 fully saturated rings. The molecule has 3 N–H and O–H groups in total. The fraction of sp³-hybridized carbons (Fsp3) is 0.471. The monoisotopic (exact) mass is 329 g/mol. The SMILES string of the molecule is O=C(NCC1(O)CCCCC1)Nc1ccnn1Cc1ccccn1. The lowest BCUT2D eigenvalue weighted by molar-refractivity contribution is 0.00755. The minimum absolute atomic E-state index is 0.271. The fourth-order valence-corrected chi connectivity index (χ4v) is 3.00. The molecule has 2 heterocycles. The lowest BCUT2D eigenvalue weighted by Gasteiger charge is -2.32. The van der Waals surface area contributed by atoms with Gasteiger partial charge in [0.25, 0.3) is 0 Å². The van der Waals surface area contributed by atoms with Gasteiger partial charge in [-0.1, -0.05) is 25.3 Å². The molecule has 0 bridgehead atoms. The Morgan fingerprint density at radius 3 is 2.79 bits per heavy atom. The van der Waals surface area contributed by atoms with Crippen LogP contribution in [0.2, 0.25) is 0 Å². The van der Waals surface area contributed by atoms with Gasteiger partial charge in [0.2, 0.25) is 0 Å². The van der Waals surface area contributed by atoms with Gasteiger partial charge in [-0.3, -0.25) is 10.3 Å². The number of hydrogen-bond donors (Lipinski definition) is 3. The van der Waals surface area contributed by atoms with Crippen LogP contribution in [-0.4, -0.2) is 38.0 Å². The number of aromatic nitrogens is 3. The molecule has 1 saturated carbocycles. The van der Waals surface area contributed by atoms with E-state index in [0.29, 0.717) is 12.4 Å². The second kappa shape index (κ2) is 7.44. The third-order valence-corrected chi connectivity index (χ3v) is 4.36. The Morgan fingerprint density at radius 1 is 1.21 bits per heavy atom. The van der Waals surface area contributed by atoms with Gasteiger partial charge in [-0.15, -0.1) is 0 Å². The molecule has 0 aromatic carbocycles. The van der Waals surface area contributed by atoms with Crippen LogP contribution in [0.4, 0.5) is 10.6 Å². The summed E-state index contributed by atoms with van der Waals surface area (Å²) in [6.45, 7) is 0.751. The van der Waals surface area contributed by atoms with Gasteiger partial charge in [-0.2, -0.15) is 5.10 Å². The van der Waals surface area contributed by atoms with Crippen LogP contribution in [0.15, 0.2) is 36.7 Å². The van der Waals surface area contributed by atoms with Crippen molar-refractivity contribution < 1.29 is 9.90 Å². The van der Waals surface area contributed by atoms with E-state index in [1.54, 1.807) is 23.1 Å². The zero-order valence-corrected chi connectivity index (χ0v) is 13.6. The molecule has 2 amide bonds. The van der Waals surface area contributed by atoms with Gasteiger partial charge < -0.3 is 10.4 Å². The molecular weight excluding hydrogens is 306 g/mol. The first-order valence-corrected chi connectivity index (χ1v) is 8.34. The zero-order valence-electron chi connectivity index (χ0n) is 13.6. The molecule has 2 aromatic heterocycles. The number of hydrogen-bond acceptors (Lipinski definition) is 4. The summed E-state index contributed by atoms with van der Waals surface area (Å²) in [7, 11) is 0. The van der Waals surface area contributed by atoms with Crippen LogP contribution in [0.5, 0.6) is 0 Å². The maximum Gasteiger partial charge on any atom is 0.320 e. The van der Waals surface area contributed by atoms with Gasteiger partial charge in [0, 0.05) is 18.8 Å². The number of nitrogens with zero attached hydrogens (tertiary/aromatic N) is 3. The van der Waals surface area contributed by atoms with Gasteiger partial charge in [0.05, 0.1) is 24.0 Å². The summed E-state index contributed by atoms with van der Waals surface area (Å²) in [6, 6.07) is 7.07. The summed E-state index contributed by atoms with van der Waals surface area (Å²) in [5.41, 5.74) is 0.0882. The lowest BCUT2D eigenvalue weighted by atomic mass is 9.85. The smallest absolute Gasteiger partial charge is 0.320 e. The van der Waals surface area contributed by atoms with E-state index in [2.05, 4.69) is 20.7 Å². The van der Waals surface area contributed by atoms with Gasteiger partial charge in [-0.05, 0) is 25.0 Å². The normalized spacial score (nSPS) is 16.5. The quantitative estimate of drug-likeness (QED) is 0.783. The van der Waals surface area contributed by atoms with Crippen LogP contribution in [-0.2, 0) is 6.54 Å². The summed E-state index contributed by atoms with van der Waals surface area (Å²) in [6.07, 6.45) is 8.01. The molecule has 7 heteroatoms. The van der Waals surface area contributed by atoms with Crippen LogP contribution >= 0.6 is 0 Å². The summed E-state index contributed by atoms with van der Waals surface area (Å²) in [5, 5.41) is 20.2. The van der Waals surface area contributed by atoms with E-state index in [0.717, 1.165) is 37.8 Å². The first kappa shape index (κ1) is 16.4. The fourth-order valence-electron chi connectivity index (χ4n) is 3.00. The van der Waals surface area contributed by atoms with E-state index in [1.807, 2.05) is 18.2 Å². The average molecular weight is 329 g/mol. The largest absolute Gasteiger partial charge is 0.388 e. The van der Waals surface area contributed by atoms with Crippen LogP contribution in [0.25, 0.3) is 0 Å². The Kier molecular flexibility index (Phi) is 5.10. The minimum Gasteiger partial charge on any atom is -0.388 e. The number of rotatable bonds is 5. The van der Waals surface area contributed by atoms with E-state index in [1.165, 1.54) is 0 Å². The predicted molar refractivity (Wildman–Crippen MR) is 90.6 cm³/mol. The molecule has 7 nitrogen and oxygen atoms in total. The van der Waals surface area contributed by atoms with E-state index < -0.39 is 5.60 Å². The number of pyridine rings is 1. The third-order valence-electron chi connectivity index (χ3n) is 4.36. The van der Waals surface area contributed by atoms with Crippen molar-refractivity contribution in [1.29, 1.82) is 0 Å². The van der Waals surface area contributed by atoms with E-state index in [-0.39, 0.29) is 12.6 Å². The molecule has 0 atom stereocenters. The Labute approximate surface area is 141 Å². The van der Waals surface area contributed by atoms with Gasteiger partial charge in [0.15, 0.2) is 0 Å². The highest BCUT2D eigenvalue weighted by Crippen LogP contribution is 2.27. The number of nitrogens with one attached hydrogen (secondary N) is 2. The summed E-state index contributed by atoms with van der Waals surface area (Å²) >= 11 is 0. The molecule has 0 saturated heterocycles. The highest BCUT2D eigenvalue weighted by molar-refractivity contribution is 5.88. The predicted octanol–water partition coefficient (Wildman–Crippen LogP) is 2.14. The van der Waals surface area contributed by atoms with Crippen molar-refractivity contribution in [3.05, 3.63) is 42.4 Å². The molecule has 0 unspecified atom stereocenters. The van der Waals surface area contributed by atoms with Crippen molar-refractivity contribution in [2.45, 2.75) is 44.2 Å². The molecule has 1 aliphatic rings. The first-order chi connectivity index (χ1) is 11.6. The number of aliphatic hydroxyl groups is 1. The van der Waals surface area contributed by atoms with Crippen molar-refractivity contribution in [2.75, 3.05) is 11.9 Å². The summed E-state index contributed by atoms with van der Waals surface area (Å²) < 4.78 is 1.68. The van der Waals surface area contributed by atoms with Gasteiger partial charge in [0.1, 0.15) is 5.82 Å². The minimum atomic E-state index is -0.774. The number of carbonyl (C=O) groups excluding carboxylic acids is 1. The molecule has 0 spiro atoms. The van der Waals surface area contributed by atoms with E-state index in [4.69, 9.17) is 0 Å². The van der Waals surface area contributed by atoms with Crippen molar-refractivity contribution in [1.82, 2.24) is 20.1 Å². The van der Waals surface area contributed by atoms with E-state index in [9.17, 15) is 9.90 Å². The van der Waals surface area contributed by atoms with Crippen molar-refractivity contribution in [3.8, 4) is 0 Å². The molecule has 0 radical (unpaired) electrons. The average Bonchev–Trinajstić information content (AvgIpc) is 3.02. The maximum absolute atomic E-state index is 12.1. The Bertz CT molecular complexity index is 665. The van der Waals surface area contributed by atoms with Crippen LogP contribution in [0, 0.1) is 0 Å². The second-order valence-electron chi connectivity index (χ2n) is 6.29. The van der Waals surface area contributed by atoms with Crippen LogP contribution in [0.1, 0.15) is 37.8 Å². The maximum atomic E-state index is 12.1. The zero-order chi connectivity index (χ0) is 16.8. The van der Waals surface area contributed by atoms with E-state index >= 15 is 0 Å². The van der Waals surface area contributed by atoms with Crippen molar-refractivity contribution in [3.63, 3.8) is 0 Å². The number of amides is 2. The Hall–Kier alpha value is -2.41. The lowest BCUT2D eigenvalue weighted by Crippen LogP contribution is -2.45. The summed E-state index contributed by atoms with van der Waals surface area (Å²) in [5.74, 6) is 0.591. The van der Waals surface area contributed by atoms with Gasteiger partial charge >= 0.3 is 6.03 Å². The third kappa shape index (κ3) is 4.32. The first-order valence-electron chi connectivity index (χ1n) is 8.34. The highest BCUT2D eigenvalue weighted by Gasteiger charge is 2.29. The molecular formula is C17H23N5O2. The van der Waals surface area contributed by atoms with Crippen LogP contribution < -0.4 is 10.6 Å². The van der Waals surface area contributed by atoms with Gasteiger partial charge in [-0.25, -0.2) is 9.48 Å².